The number of aromatic nitrogens is 2. The van der Waals surface area contributed by atoms with E-state index < -0.39 is 0 Å². The van der Waals surface area contributed by atoms with E-state index in [0.29, 0.717) is 10.2 Å². The van der Waals surface area contributed by atoms with Gasteiger partial charge in [0.2, 0.25) is 0 Å². The maximum atomic E-state index is 9.33. The summed E-state index contributed by atoms with van der Waals surface area (Å²) in [6.45, 7) is -0.0410. The first-order valence-corrected chi connectivity index (χ1v) is 8.55. The van der Waals surface area contributed by atoms with Crippen LogP contribution in [0.25, 0.3) is 33.3 Å². The van der Waals surface area contributed by atoms with Crippen LogP contribution in [0.3, 0.4) is 0 Å². The van der Waals surface area contributed by atoms with Crippen molar-refractivity contribution in [3.8, 4) is 22.4 Å². The molecule has 0 aliphatic rings. The summed E-state index contributed by atoms with van der Waals surface area (Å²) in [7, 11) is 0. The number of aliphatic hydroxyl groups is 1. The van der Waals surface area contributed by atoms with Crippen molar-refractivity contribution in [2.45, 2.75) is 6.61 Å². The Morgan fingerprint density at radius 2 is 1.84 bits per heavy atom. The maximum Gasteiger partial charge on any atom is 0.129 e. The molecule has 0 amide bonds. The highest BCUT2D eigenvalue weighted by atomic mass is 35.5. The summed E-state index contributed by atoms with van der Waals surface area (Å²) in [6.07, 6.45) is 1.68. The molecule has 0 saturated carbocycles. The van der Waals surface area contributed by atoms with E-state index in [1.807, 2.05) is 42.5 Å². The van der Waals surface area contributed by atoms with Crippen LogP contribution in [0.1, 0.15) is 5.56 Å². The van der Waals surface area contributed by atoms with Gasteiger partial charge in [0.25, 0.3) is 0 Å². The number of halogens is 2. The third kappa shape index (κ3) is 2.91. The molecule has 5 heteroatoms. The average Bonchev–Trinajstić information content (AvgIpc) is 3.01. The molecule has 0 aliphatic heterocycles. The molecule has 0 saturated heterocycles. The highest BCUT2D eigenvalue weighted by Gasteiger charge is 2.17. The van der Waals surface area contributed by atoms with Crippen LogP contribution in [-0.2, 0) is 6.61 Å². The van der Waals surface area contributed by atoms with Gasteiger partial charge in [0, 0.05) is 38.8 Å². The largest absolute Gasteiger partial charge is 0.392 e. The number of benzene rings is 2. The molecule has 2 aromatic heterocycles. The van der Waals surface area contributed by atoms with Gasteiger partial charge in [0.05, 0.1) is 12.3 Å². The topological polar surface area (TPSA) is 48.9 Å². The molecule has 0 unspecified atom stereocenters. The lowest BCUT2D eigenvalue weighted by molar-refractivity contribution is 0.282. The third-order valence-electron chi connectivity index (χ3n) is 4.21. The van der Waals surface area contributed by atoms with Crippen LogP contribution in [0.2, 0.25) is 10.2 Å². The van der Waals surface area contributed by atoms with E-state index in [1.54, 1.807) is 12.3 Å². The molecule has 2 heterocycles. The second kappa shape index (κ2) is 6.52. The molecule has 0 aliphatic carbocycles. The molecule has 0 spiro atoms. The maximum absolute atomic E-state index is 9.33. The van der Waals surface area contributed by atoms with Crippen LogP contribution >= 0.6 is 23.2 Å². The monoisotopic (exact) mass is 368 g/mol. The zero-order valence-corrected chi connectivity index (χ0v) is 14.6. The quantitative estimate of drug-likeness (QED) is 0.456. The van der Waals surface area contributed by atoms with Crippen molar-refractivity contribution in [2.75, 3.05) is 0 Å². The Morgan fingerprint density at radius 3 is 2.60 bits per heavy atom. The molecule has 4 aromatic rings. The summed E-state index contributed by atoms with van der Waals surface area (Å²) in [5.41, 5.74) is 5.58. The number of hydrogen-bond acceptors (Lipinski definition) is 2. The Balaban J connectivity index is 2.03. The predicted molar refractivity (Wildman–Crippen MR) is 103 cm³/mol. The van der Waals surface area contributed by atoms with Crippen LogP contribution < -0.4 is 0 Å². The molecule has 2 N–H and O–H groups in total. The molecule has 3 nitrogen and oxygen atoms in total. The van der Waals surface area contributed by atoms with Gasteiger partial charge in [0.1, 0.15) is 5.15 Å². The van der Waals surface area contributed by atoms with Crippen LogP contribution in [0.5, 0.6) is 0 Å². The minimum absolute atomic E-state index is 0.0410. The molecule has 2 aromatic carbocycles. The number of para-hydroxylation sites is 1. The van der Waals surface area contributed by atoms with E-state index >= 15 is 0 Å². The first-order chi connectivity index (χ1) is 12.2. The summed E-state index contributed by atoms with van der Waals surface area (Å²) < 4.78 is 0. The standard InChI is InChI=1S/C20H14Cl2N2O/c21-16-9-12(11-25)5-6-14(16)19-15-3-1-2-4-17(15)24-20(19)13-7-8-23-18(22)10-13/h1-10,24-25H,11H2. The van der Waals surface area contributed by atoms with Crippen LogP contribution in [-0.4, -0.2) is 15.1 Å². The molecule has 0 fully saturated rings. The number of nitrogens with zero attached hydrogens (tertiary/aromatic N) is 1. The molecular weight excluding hydrogens is 355 g/mol. The zero-order valence-electron chi connectivity index (χ0n) is 13.1. The molecule has 0 atom stereocenters. The second-order valence-corrected chi connectivity index (χ2v) is 6.55. The summed E-state index contributed by atoms with van der Waals surface area (Å²) in [5, 5.41) is 11.4. The number of aromatic amines is 1. The smallest absolute Gasteiger partial charge is 0.129 e. The van der Waals surface area contributed by atoms with Crippen molar-refractivity contribution in [3.63, 3.8) is 0 Å². The van der Waals surface area contributed by atoms with E-state index in [1.165, 1.54) is 0 Å². The number of hydrogen-bond donors (Lipinski definition) is 2. The van der Waals surface area contributed by atoms with Crippen molar-refractivity contribution < 1.29 is 5.11 Å². The Morgan fingerprint density at radius 1 is 1.00 bits per heavy atom. The Hall–Kier alpha value is -2.33. The van der Waals surface area contributed by atoms with E-state index in [4.69, 9.17) is 23.2 Å². The van der Waals surface area contributed by atoms with E-state index in [9.17, 15) is 5.11 Å². The first kappa shape index (κ1) is 16.2. The van der Waals surface area contributed by atoms with E-state index in [0.717, 1.165) is 38.9 Å². The summed E-state index contributed by atoms with van der Waals surface area (Å²) in [4.78, 5) is 7.53. The molecular formula is C20H14Cl2N2O. The van der Waals surface area contributed by atoms with E-state index in [-0.39, 0.29) is 6.61 Å². The minimum Gasteiger partial charge on any atom is -0.392 e. The highest BCUT2D eigenvalue weighted by molar-refractivity contribution is 6.34. The average molecular weight is 369 g/mol. The van der Waals surface area contributed by atoms with Gasteiger partial charge in [-0.15, -0.1) is 0 Å². The minimum atomic E-state index is -0.0410. The van der Waals surface area contributed by atoms with Crippen LogP contribution in [0.15, 0.2) is 60.8 Å². The zero-order chi connectivity index (χ0) is 17.4. The summed E-state index contributed by atoms with van der Waals surface area (Å²) >= 11 is 12.6. The van der Waals surface area contributed by atoms with Crippen molar-refractivity contribution in [1.29, 1.82) is 0 Å². The lowest BCUT2D eigenvalue weighted by Gasteiger charge is -2.09. The molecule has 0 bridgehead atoms. The van der Waals surface area contributed by atoms with E-state index in [2.05, 4.69) is 16.0 Å². The lowest BCUT2D eigenvalue weighted by atomic mass is 9.98. The number of pyridine rings is 1. The van der Waals surface area contributed by atoms with Gasteiger partial charge in [-0.1, -0.05) is 53.5 Å². The van der Waals surface area contributed by atoms with Gasteiger partial charge in [0.15, 0.2) is 0 Å². The summed E-state index contributed by atoms with van der Waals surface area (Å²) in [6, 6.07) is 17.4. The SMILES string of the molecule is OCc1ccc(-c2c(-c3ccnc(Cl)c3)[nH]c3ccccc23)c(Cl)c1. The van der Waals surface area contributed by atoms with Crippen molar-refractivity contribution in [1.82, 2.24) is 9.97 Å². The van der Waals surface area contributed by atoms with Crippen LogP contribution in [0, 0.1) is 0 Å². The fourth-order valence-corrected chi connectivity index (χ4v) is 3.53. The normalized spacial score (nSPS) is 11.2. The third-order valence-corrected chi connectivity index (χ3v) is 4.73. The van der Waals surface area contributed by atoms with Crippen molar-refractivity contribution >= 4 is 34.1 Å². The molecule has 0 radical (unpaired) electrons. The van der Waals surface area contributed by atoms with Crippen molar-refractivity contribution in [3.05, 3.63) is 76.5 Å². The Labute approximate surface area is 154 Å². The first-order valence-electron chi connectivity index (χ1n) is 7.79. The number of fused-ring (bicyclic) bond motifs is 1. The lowest BCUT2D eigenvalue weighted by Crippen LogP contribution is -1.88. The fraction of sp³-hybridized carbons (Fsp3) is 0.0500. The second-order valence-electron chi connectivity index (χ2n) is 5.76. The van der Waals surface area contributed by atoms with Crippen molar-refractivity contribution in [2.24, 2.45) is 0 Å². The van der Waals surface area contributed by atoms with Gasteiger partial charge in [-0.25, -0.2) is 4.98 Å². The number of aliphatic hydroxyl groups excluding tert-OH is 1. The van der Waals surface area contributed by atoms with Gasteiger partial charge in [-0.2, -0.15) is 0 Å². The molecule has 25 heavy (non-hydrogen) atoms. The predicted octanol–water partition coefficient (Wildman–Crippen LogP) is 5.70. The van der Waals surface area contributed by atoms with Gasteiger partial charge < -0.3 is 10.1 Å². The van der Waals surface area contributed by atoms with Gasteiger partial charge in [-0.05, 0) is 29.8 Å². The Kier molecular flexibility index (Phi) is 4.22. The van der Waals surface area contributed by atoms with Gasteiger partial charge >= 0.3 is 0 Å². The number of H-pyrrole nitrogens is 1. The summed E-state index contributed by atoms with van der Waals surface area (Å²) in [5.74, 6) is 0. The van der Waals surface area contributed by atoms with Crippen LogP contribution in [0.4, 0.5) is 0 Å². The Bertz CT molecular complexity index is 1070. The fourth-order valence-electron chi connectivity index (χ4n) is 3.06. The highest BCUT2D eigenvalue weighted by Crippen LogP contribution is 2.41. The molecule has 4 rings (SSSR count). The number of nitrogens with one attached hydrogen (secondary N) is 1. The van der Waals surface area contributed by atoms with Gasteiger partial charge in [-0.3, -0.25) is 0 Å². The molecule has 124 valence electrons. The number of rotatable bonds is 3.